The van der Waals surface area contributed by atoms with Crippen LogP contribution < -0.4 is 19.5 Å². The van der Waals surface area contributed by atoms with Crippen molar-refractivity contribution in [2.45, 2.75) is 6.18 Å². The van der Waals surface area contributed by atoms with E-state index in [9.17, 15) is 22.8 Å². The lowest BCUT2D eigenvalue weighted by atomic mass is 10.1. The molecule has 0 saturated heterocycles. The van der Waals surface area contributed by atoms with Crippen LogP contribution in [-0.2, 0) is 15.7 Å². The normalized spacial score (nSPS) is 10.8. The van der Waals surface area contributed by atoms with Gasteiger partial charge in [0, 0.05) is 12.1 Å². The number of alkyl halides is 3. The molecule has 2 aromatic carbocycles. The number of ether oxygens (including phenoxy) is 4. The number of rotatable bonds is 7. The second-order valence-electron chi connectivity index (χ2n) is 5.58. The van der Waals surface area contributed by atoms with E-state index in [-0.39, 0.29) is 17.1 Å². The fraction of sp³-hybridized carbons (Fsp3) is 0.263. The van der Waals surface area contributed by atoms with Crippen LogP contribution in [-0.4, -0.2) is 39.8 Å². The van der Waals surface area contributed by atoms with E-state index in [0.717, 1.165) is 12.1 Å². The van der Waals surface area contributed by atoms with E-state index in [0.29, 0.717) is 5.75 Å². The molecule has 1 N–H and O–H groups in total. The first-order chi connectivity index (χ1) is 13.7. The van der Waals surface area contributed by atoms with E-state index in [1.54, 1.807) is 0 Å². The molecule has 0 spiro atoms. The highest BCUT2D eigenvalue weighted by Crippen LogP contribution is 2.35. The van der Waals surface area contributed by atoms with Gasteiger partial charge in [0.15, 0.2) is 18.1 Å². The maximum atomic E-state index is 13.0. The average molecular weight is 413 g/mol. The first-order valence-electron chi connectivity index (χ1n) is 8.14. The van der Waals surface area contributed by atoms with Crippen LogP contribution in [0.5, 0.6) is 17.2 Å². The van der Waals surface area contributed by atoms with Gasteiger partial charge in [-0.15, -0.1) is 0 Å². The lowest BCUT2D eigenvalue weighted by Gasteiger charge is -2.15. The standard InChI is InChI=1S/C19H18F3NO6/c1-26-14-9-16(28-3)15(27-2)8-11(14)18(25)29-10-17(24)23-13-7-5-4-6-12(13)19(20,21)22/h4-9H,10H2,1-3H3,(H,23,24). The zero-order valence-electron chi connectivity index (χ0n) is 15.8. The van der Waals surface area contributed by atoms with Crippen LogP contribution in [0.1, 0.15) is 15.9 Å². The Labute approximate surface area is 164 Å². The van der Waals surface area contributed by atoms with E-state index >= 15 is 0 Å². The van der Waals surface area contributed by atoms with E-state index < -0.39 is 35.9 Å². The van der Waals surface area contributed by atoms with Gasteiger partial charge >= 0.3 is 12.1 Å². The molecule has 0 atom stereocenters. The largest absolute Gasteiger partial charge is 0.496 e. The van der Waals surface area contributed by atoms with Crippen molar-refractivity contribution in [1.82, 2.24) is 0 Å². The highest BCUT2D eigenvalue weighted by molar-refractivity contribution is 5.97. The summed E-state index contributed by atoms with van der Waals surface area (Å²) in [6.07, 6.45) is -4.65. The average Bonchev–Trinajstić information content (AvgIpc) is 2.70. The summed E-state index contributed by atoms with van der Waals surface area (Å²) in [5.41, 5.74) is -1.50. The highest BCUT2D eigenvalue weighted by atomic mass is 19.4. The van der Waals surface area contributed by atoms with Gasteiger partial charge in [-0.25, -0.2) is 4.79 Å². The molecule has 2 rings (SSSR count). The number of esters is 1. The molecular formula is C19H18F3NO6. The summed E-state index contributed by atoms with van der Waals surface area (Å²) in [4.78, 5) is 24.3. The molecule has 29 heavy (non-hydrogen) atoms. The minimum absolute atomic E-state index is 0.0476. The fourth-order valence-corrected chi connectivity index (χ4v) is 2.42. The minimum atomic E-state index is -4.65. The number of para-hydroxylation sites is 1. The van der Waals surface area contributed by atoms with Crippen LogP contribution in [0.2, 0.25) is 0 Å². The Morgan fingerprint density at radius 3 is 2.10 bits per heavy atom. The second-order valence-corrected chi connectivity index (χ2v) is 5.58. The summed E-state index contributed by atoms with van der Waals surface area (Å²) < 4.78 is 59.1. The van der Waals surface area contributed by atoms with E-state index in [4.69, 9.17) is 18.9 Å². The molecule has 0 fully saturated rings. The second kappa shape index (κ2) is 9.18. The smallest absolute Gasteiger partial charge is 0.418 e. The van der Waals surface area contributed by atoms with Gasteiger partial charge in [0.25, 0.3) is 5.91 Å². The first kappa shape index (κ1) is 21.9. The third-order valence-corrected chi connectivity index (χ3v) is 3.77. The Kier molecular flexibility index (Phi) is 6.92. The molecule has 0 heterocycles. The molecule has 0 aliphatic carbocycles. The predicted molar refractivity (Wildman–Crippen MR) is 96.5 cm³/mol. The topological polar surface area (TPSA) is 83.1 Å². The number of anilines is 1. The van der Waals surface area contributed by atoms with Crippen LogP contribution in [0, 0.1) is 0 Å². The van der Waals surface area contributed by atoms with Crippen LogP contribution in [0.25, 0.3) is 0 Å². The number of methoxy groups -OCH3 is 3. The van der Waals surface area contributed by atoms with Crippen molar-refractivity contribution >= 4 is 17.6 Å². The van der Waals surface area contributed by atoms with Gasteiger partial charge in [0.2, 0.25) is 0 Å². The summed E-state index contributed by atoms with van der Waals surface area (Å²) in [5.74, 6) is -1.22. The van der Waals surface area contributed by atoms with Crippen LogP contribution >= 0.6 is 0 Å². The van der Waals surface area contributed by atoms with Crippen molar-refractivity contribution in [2.75, 3.05) is 33.3 Å². The molecule has 156 valence electrons. The number of amides is 1. The van der Waals surface area contributed by atoms with Gasteiger partial charge in [0.1, 0.15) is 11.3 Å². The number of carbonyl (C=O) groups is 2. The number of nitrogens with one attached hydrogen (secondary N) is 1. The highest BCUT2D eigenvalue weighted by Gasteiger charge is 2.33. The Hall–Kier alpha value is -3.43. The van der Waals surface area contributed by atoms with Crippen LogP contribution in [0.3, 0.4) is 0 Å². The van der Waals surface area contributed by atoms with E-state index in [1.165, 1.54) is 45.6 Å². The Morgan fingerprint density at radius 1 is 0.931 bits per heavy atom. The van der Waals surface area contributed by atoms with Gasteiger partial charge in [-0.05, 0) is 12.1 Å². The van der Waals surface area contributed by atoms with Crippen molar-refractivity contribution in [2.24, 2.45) is 0 Å². The molecule has 1 amide bonds. The summed E-state index contributed by atoms with van der Waals surface area (Å²) in [7, 11) is 4.09. The molecular weight excluding hydrogens is 395 g/mol. The van der Waals surface area contributed by atoms with E-state index in [2.05, 4.69) is 5.32 Å². The van der Waals surface area contributed by atoms with Crippen molar-refractivity contribution in [3.05, 3.63) is 47.5 Å². The Bertz CT molecular complexity index is 898. The third kappa shape index (κ3) is 5.31. The van der Waals surface area contributed by atoms with Crippen LogP contribution in [0.4, 0.5) is 18.9 Å². The van der Waals surface area contributed by atoms with Gasteiger partial charge in [0.05, 0.1) is 32.6 Å². The molecule has 0 saturated carbocycles. The zero-order chi connectivity index (χ0) is 21.6. The number of benzene rings is 2. The van der Waals surface area contributed by atoms with Crippen LogP contribution in [0.15, 0.2) is 36.4 Å². The van der Waals surface area contributed by atoms with Crippen molar-refractivity contribution < 1.29 is 41.7 Å². The maximum absolute atomic E-state index is 13.0. The molecule has 7 nitrogen and oxygen atoms in total. The molecule has 2 aromatic rings. The molecule has 10 heteroatoms. The fourth-order valence-electron chi connectivity index (χ4n) is 2.42. The SMILES string of the molecule is COc1cc(OC)c(C(=O)OCC(=O)Nc2ccccc2C(F)(F)F)cc1OC. The first-order valence-corrected chi connectivity index (χ1v) is 8.14. The molecule has 0 aromatic heterocycles. The molecule has 0 aliphatic heterocycles. The van der Waals surface area contributed by atoms with Crippen molar-refractivity contribution in [3.8, 4) is 17.2 Å². The Morgan fingerprint density at radius 2 is 1.52 bits per heavy atom. The maximum Gasteiger partial charge on any atom is 0.418 e. The van der Waals surface area contributed by atoms with Gasteiger partial charge in [-0.3, -0.25) is 4.79 Å². The summed E-state index contributed by atoms with van der Waals surface area (Å²) in [5, 5.41) is 2.08. The molecule has 0 bridgehead atoms. The summed E-state index contributed by atoms with van der Waals surface area (Å²) in [6, 6.07) is 7.16. The van der Waals surface area contributed by atoms with E-state index in [1.807, 2.05) is 0 Å². The van der Waals surface area contributed by atoms with Gasteiger partial charge < -0.3 is 24.3 Å². The summed E-state index contributed by atoms with van der Waals surface area (Å²) >= 11 is 0. The third-order valence-electron chi connectivity index (χ3n) is 3.77. The molecule has 0 radical (unpaired) electrons. The minimum Gasteiger partial charge on any atom is -0.496 e. The van der Waals surface area contributed by atoms with Gasteiger partial charge in [-0.1, -0.05) is 12.1 Å². The number of halogens is 3. The number of hydrogen-bond acceptors (Lipinski definition) is 6. The molecule has 0 unspecified atom stereocenters. The zero-order valence-corrected chi connectivity index (χ0v) is 15.8. The Balaban J connectivity index is 2.11. The number of hydrogen-bond donors (Lipinski definition) is 1. The predicted octanol–water partition coefficient (Wildman–Crippen LogP) is 3.53. The van der Waals surface area contributed by atoms with Gasteiger partial charge in [-0.2, -0.15) is 13.2 Å². The van der Waals surface area contributed by atoms with Crippen molar-refractivity contribution in [1.29, 1.82) is 0 Å². The number of carbonyl (C=O) groups excluding carboxylic acids is 2. The lowest BCUT2D eigenvalue weighted by Crippen LogP contribution is -2.23. The molecule has 0 aliphatic rings. The van der Waals surface area contributed by atoms with Crippen molar-refractivity contribution in [3.63, 3.8) is 0 Å². The lowest BCUT2D eigenvalue weighted by molar-refractivity contribution is -0.137. The summed E-state index contributed by atoms with van der Waals surface area (Å²) in [6.45, 7) is -0.803. The quantitative estimate of drug-likeness (QED) is 0.700. The monoisotopic (exact) mass is 413 g/mol.